The summed E-state index contributed by atoms with van der Waals surface area (Å²) in [6.07, 6.45) is 5.54. The molecule has 1 aromatic heterocycles. The maximum atomic E-state index is 12.2. The Hall–Kier alpha value is -2.87. The number of ether oxygens (including phenoxy) is 1. The number of thiophene rings is 1. The van der Waals surface area contributed by atoms with Gasteiger partial charge in [0.05, 0.1) is 4.88 Å². The number of benzene rings is 1. The Labute approximate surface area is 160 Å². The summed E-state index contributed by atoms with van der Waals surface area (Å²) in [6.45, 7) is -0.302. The highest BCUT2D eigenvalue weighted by Crippen LogP contribution is 2.28. The van der Waals surface area contributed by atoms with Gasteiger partial charge in [0.1, 0.15) is 5.75 Å². The van der Waals surface area contributed by atoms with Gasteiger partial charge >= 0.3 is 0 Å². The van der Waals surface area contributed by atoms with E-state index >= 15 is 0 Å². The number of aryl methyl sites for hydroxylation is 2. The maximum Gasteiger partial charge on any atom is 0.279 e. The van der Waals surface area contributed by atoms with Crippen molar-refractivity contribution in [2.24, 2.45) is 5.73 Å². The van der Waals surface area contributed by atoms with Crippen LogP contribution in [0.4, 0.5) is 0 Å². The second-order valence-corrected chi connectivity index (χ2v) is 7.44. The minimum absolute atomic E-state index is 0.290. The summed E-state index contributed by atoms with van der Waals surface area (Å²) >= 11 is 1.48. The molecule has 0 radical (unpaired) electrons. The van der Waals surface area contributed by atoms with Crippen LogP contribution in [-0.4, -0.2) is 24.3 Å². The number of hydrogen-bond acceptors (Lipinski definition) is 5. The molecule has 7 nitrogen and oxygen atoms in total. The quantitative estimate of drug-likeness (QED) is 0.538. The molecule has 0 unspecified atom stereocenters. The smallest absolute Gasteiger partial charge is 0.279 e. The van der Waals surface area contributed by atoms with Crippen LogP contribution in [0.3, 0.4) is 0 Å². The van der Waals surface area contributed by atoms with Crippen molar-refractivity contribution < 1.29 is 19.1 Å². The van der Waals surface area contributed by atoms with E-state index < -0.39 is 11.8 Å². The third kappa shape index (κ3) is 5.07. The Balaban J connectivity index is 1.48. The van der Waals surface area contributed by atoms with E-state index in [0.717, 1.165) is 25.7 Å². The van der Waals surface area contributed by atoms with Gasteiger partial charge in [-0.25, -0.2) is 0 Å². The molecule has 3 amide bonds. The normalized spacial score (nSPS) is 13.2. The minimum Gasteiger partial charge on any atom is -0.484 e. The van der Waals surface area contributed by atoms with Gasteiger partial charge in [-0.1, -0.05) is 12.5 Å². The first-order valence-electron chi connectivity index (χ1n) is 8.76. The van der Waals surface area contributed by atoms with Crippen molar-refractivity contribution in [1.29, 1.82) is 0 Å². The molecular formula is C19H21N3O4S. The Morgan fingerprint density at radius 3 is 2.70 bits per heavy atom. The Kier molecular flexibility index (Phi) is 6.08. The zero-order chi connectivity index (χ0) is 19.2. The molecule has 0 saturated carbocycles. The lowest BCUT2D eigenvalue weighted by molar-refractivity contribution is -0.123. The van der Waals surface area contributed by atoms with Gasteiger partial charge in [0.15, 0.2) is 6.61 Å². The van der Waals surface area contributed by atoms with E-state index in [4.69, 9.17) is 10.5 Å². The molecule has 0 spiro atoms. The molecule has 27 heavy (non-hydrogen) atoms. The SMILES string of the molecule is NC(=O)c1cccc(OCC(=O)NNC(=O)c2cc3c(s2)CCCCC3)c1. The van der Waals surface area contributed by atoms with E-state index in [1.807, 2.05) is 6.07 Å². The van der Waals surface area contributed by atoms with Gasteiger partial charge in [0.25, 0.3) is 11.8 Å². The highest BCUT2D eigenvalue weighted by molar-refractivity contribution is 7.14. The average molecular weight is 387 g/mol. The molecule has 1 aliphatic carbocycles. The molecule has 1 heterocycles. The van der Waals surface area contributed by atoms with Crippen molar-refractivity contribution in [2.45, 2.75) is 32.1 Å². The van der Waals surface area contributed by atoms with Crippen LogP contribution >= 0.6 is 11.3 Å². The van der Waals surface area contributed by atoms with Crippen LogP contribution in [0, 0.1) is 0 Å². The lowest BCUT2D eigenvalue weighted by Gasteiger charge is -2.08. The van der Waals surface area contributed by atoms with E-state index in [1.54, 1.807) is 18.2 Å². The van der Waals surface area contributed by atoms with Gasteiger partial charge in [-0.05, 0) is 55.5 Å². The number of carbonyl (C=O) groups excluding carboxylic acids is 3. The number of hydrogen-bond donors (Lipinski definition) is 3. The molecule has 8 heteroatoms. The summed E-state index contributed by atoms with van der Waals surface area (Å²) in [5, 5.41) is 0. The average Bonchev–Trinajstić information content (AvgIpc) is 2.95. The van der Waals surface area contributed by atoms with Gasteiger partial charge in [-0.15, -0.1) is 11.3 Å². The Morgan fingerprint density at radius 2 is 1.89 bits per heavy atom. The van der Waals surface area contributed by atoms with E-state index in [-0.39, 0.29) is 12.5 Å². The molecule has 0 atom stereocenters. The van der Waals surface area contributed by atoms with Crippen molar-refractivity contribution in [2.75, 3.05) is 6.61 Å². The van der Waals surface area contributed by atoms with Crippen LogP contribution < -0.4 is 21.3 Å². The third-order valence-electron chi connectivity index (χ3n) is 4.27. The molecule has 0 saturated heterocycles. The van der Waals surface area contributed by atoms with Crippen LogP contribution in [0.1, 0.15) is 49.7 Å². The number of fused-ring (bicyclic) bond motifs is 1. The third-order valence-corrected chi connectivity index (χ3v) is 5.51. The highest BCUT2D eigenvalue weighted by atomic mass is 32.1. The molecule has 142 valence electrons. The molecular weight excluding hydrogens is 366 g/mol. The van der Waals surface area contributed by atoms with E-state index in [2.05, 4.69) is 10.9 Å². The van der Waals surface area contributed by atoms with E-state index in [1.165, 1.54) is 34.3 Å². The van der Waals surface area contributed by atoms with Crippen molar-refractivity contribution in [3.8, 4) is 5.75 Å². The first kappa shape index (κ1) is 18.9. The Bertz CT molecular complexity index is 839. The minimum atomic E-state index is -0.577. The number of hydrazine groups is 1. The number of amides is 3. The second-order valence-electron chi connectivity index (χ2n) is 6.30. The largest absolute Gasteiger partial charge is 0.484 e. The molecule has 0 aliphatic heterocycles. The van der Waals surface area contributed by atoms with Crippen LogP contribution in [0.15, 0.2) is 30.3 Å². The molecule has 0 fully saturated rings. The predicted molar refractivity (Wildman–Crippen MR) is 102 cm³/mol. The maximum absolute atomic E-state index is 12.2. The molecule has 4 N–H and O–H groups in total. The molecule has 0 bridgehead atoms. The summed E-state index contributed by atoms with van der Waals surface area (Å²) in [4.78, 5) is 37.1. The summed E-state index contributed by atoms with van der Waals surface area (Å²) in [6, 6.07) is 8.14. The monoisotopic (exact) mass is 387 g/mol. The summed E-state index contributed by atoms with van der Waals surface area (Å²) < 4.78 is 5.31. The van der Waals surface area contributed by atoms with Crippen molar-refractivity contribution >= 4 is 29.1 Å². The van der Waals surface area contributed by atoms with Crippen LogP contribution in [0.2, 0.25) is 0 Å². The first-order valence-corrected chi connectivity index (χ1v) is 9.58. The molecule has 1 aromatic carbocycles. The van der Waals surface area contributed by atoms with Gasteiger partial charge in [-0.2, -0.15) is 0 Å². The number of nitrogens with two attached hydrogens (primary N) is 1. The zero-order valence-corrected chi connectivity index (χ0v) is 15.6. The predicted octanol–water partition coefficient (Wildman–Crippen LogP) is 1.96. The Morgan fingerprint density at radius 1 is 1.07 bits per heavy atom. The first-order chi connectivity index (χ1) is 13.0. The van der Waals surface area contributed by atoms with E-state index in [9.17, 15) is 14.4 Å². The van der Waals surface area contributed by atoms with Gasteiger partial charge in [-0.3, -0.25) is 25.2 Å². The number of nitrogens with one attached hydrogen (secondary N) is 2. The molecule has 3 rings (SSSR count). The summed E-state index contributed by atoms with van der Waals surface area (Å²) in [5.74, 6) is -1.08. The summed E-state index contributed by atoms with van der Waals surface area (Å²) in [5.41, 5.74) is 11.5. The molecule has 1 aliphatic rings. The van der Waals surface area contributed by atoms with Gasteiger partial charge < -0.3 is 10.5 Å². The van der Waals surface area contributed by atoms with Crippen molar-refractivity contribution in [3.05, 3.63) is 51.2 Å². The van der Waals surface area contributed by atoms with Crippen LogP contribution in [0.5, 0.6) is 5.75 Å². The second kappa shape index (κ2) is 8.68. The standard InChI is InChI=1S/C19H21N3O4S/c20-18(24)13-6-4-7-14(9-13)26-11-17(23)21-22-19(25)16-10-12-5-2-1-3-8-15(12)27-16/h4,6-7,9-10H,1-3,5,8,11H2,(H2,20,24)(H,21,23)(H,22,25). The number of carbonyl (C=O) groups is 3. The topological polar surface area (TPSA) is 111 Å². The van der Waals surface area contributed by atoms with Crippen molar-refractivity contribution in [3.63, 3.8) is 0 Å². The number of rotatable bonds is 5. The van der Waals surface area contributed by atoms with Crippen LogP contribution in [0.25, 0.3) is 0 Å². The lowest BCUT2D eigenvalue weighted by Crippen LogP contribution is -2.43. The lowest BCUT2D eigenvalue weighted by atomic mass is 10.1. The fourth-order valence-corrected chi connectivity index (χ4v) is 4.04. The van der Waals surface area contributed by atoms with Gasteiger partial charge in [0.2, 0.25) is 5.91 Å². The number of primary amides is 1. The van der Waals surface area contributed by atoms with Gasteiger partial charge in [0, 0.05) is 10.4 Å². The zero-order valence-electron chi connectivity index (χ0n) is 14.7. The fourth-order valence-electron chi connectivity index (χ4n) is 2.89. The molecule has 2 aromatic rings. The highest BCUT2D eigenvalue weighted by Gasteiger charge is 2.17. The van der Waals surface area contributed by atoms with Crippen molar-refractivity contribution in [1.82, 2.24) is 10.9 Å². The fraction of sp³-hybridized carbons (Fsp3) is 0.316. The summed E-state index contributed by atoms with van der Waals surface area (Å²) in [7, 11) is 0. The van der Waals surface area contributed by atoms with E-state index in [0.29, 0.717) is 16.2 Å². The van der Waals surface area contributed by atoms with Crippen LogP contribution in [-0.2, 0) is 17.6 Å².